The first kappa shape index (κ1) is 15.9. The molecule has 0 radical (unpaired) electrons. The number of nitrogen functional groups attached to an aromatic ring is 1. The number of ether oxygens (including phenoxy) is 2. The number of aryl methyl sites for hydroxylation is 1. The lowest BCUT2D eigenvalue weighted by Crippen LogP contribution is -2.06. The molecule has 6 nitrogen and oxygen atoms in total. The molecule has 0 saturated heterocycles. The summed E-state index contributed by atoms with van der Waals surface area (Å²) in [5, 5.41) is 3.94. The van der Waals surface area contributed by atoms with Gasteiger partial charge in [-0.25, -0.2) is 4.98 Å². The summed E-state index contributed by atoms with van der Waals surface area (Å²) in [6.45, 7) is 2.69. The van der Waals surface area contributed by atoms with E-state index in [-0.39, 0.29) is 0 Å². The minimum absolute atomic E-state index is 0.396. The highest BCUT2D eigenvalue weighted by Gasteiger charge is 2.11. The van der Waals surface area contributed by atoms with Crippen molar-refractivity contribution in [2.45, 2.75) is 13.5 Å². The summed E-state index contributed by atoms with van der Waals surface area (Å²) in [6, 6.07) is 11.9. The normalized spacial score (nSPS) is 10.6. The predicted octanol–water partition coefficient (Wildman–Crippen LogP) is 3.15. The first-order valence-corrected chi connectivity index (χ1v) is 7.59. The molecule has 0 amide bonds. The van der Waals surface area contributed by atoms with Crippen LogP contribution < -0.4 is 20.5 Å². The van der Waals surface area contributed by atoms with Crippen LogP contribution in [0.3, 0.4) is 0 Å². The van der Waals surface area contributed by atoms with Gasteiger partial charge in [0.25, 0.3) is 0 Å². The fourth-order valence-electron chi connectivity index (χ4n) is 2.45. The van der Waals surface area contributed by atoms with Gasteiger partial charge >= 0.3 is 0 Å². The molecular formula is C18H20N4O2. The van der Waals surface area contributed by atoms with Gasteiger partial charge in [-0.15, -0.1) is 0 Å². The van der Waals surface area contributed by atoms with E-state index < -0.39 is 0 Å². The third kappa shape index (κ3) is 3.17. The van der Waals surface area contributed by atoms with Crippen molar-refractivity contribution in [1.29, 1.82) is 0 Å². The molecule has 2 aromatic carbocycles. The maximum Gasteiger partial charge on any atom is 0.225 e. The maximum atomic E-state index is 6.07. The van der Waals surface area contributed by atoms with E-state index >= 15 is 0 Å². The number of aromatic nitrogens is 2. The average Bonchev–Trinajstić information content (AvgIpc) is 2.60. The highest BCUT2D eigenvalue weighted by atomic mass is 16.5. The van der Waals surface area contributed by atoms with Crippen LogP contribution in [0.15, 0.2) is 36.4 Å². The summed E-state index contributed by atoms with van der Waals surface area (Å²) >= 11 is 0. The second-order valence-corrected chi connectivity index (χ2v) is 5.50. The molecule has 0 aliphatic rings. The Morgan fingerprint density at radius 1 is 1.00 bits per heavy atom. The molecule has 3 rings (SSSR count). The van der Waals surface area contributed by atoms with Gasteiger partial charge in [-0.1, -0.05) is 29.8 Å². The third-order valence-electron chi connectivity index (χ3n) is 3.80. The Labute approximate surface area is 140 Å². The second kappa shape index (κ2) is 6.62. The molecule has 6 heteroatoms. The number of nitrogens with zero attached hydrogens (tertiary/aromatic N) is 2. The van der Waals surface area contributed by atoms with E-state index in [0.29, 0.717) is 35.3 Å². The molecular weight excluding hydrogens is 304 g/mol. The molecule has 1 aromatic heterocycles. The van der Waals surface area contributed by atoms with Crippen LogP contribution >= 0.6 is 0 Å². The lowest BCUT2D eigenvalue weighted by molar-refractivity contribution is 0.356. The van der Waals surface area contributed by atoms with E-state index in [1.165, 1.54) is 5.56 Å². The summed E-state index contributed by atoms with van der Waals surface area (Å²) in [5.41, 5.74) is 9.15. The number of nitrogens with two attached hydrogens (primary N) is 1. The molecule has 1 heterocycles. The summed E-state index contributed by atoms with van der Waals surface area (Å²) < 4.78 is 10.6. The minimum Gasteiger partial charge on any atom is -0.493 e. The maximum absolute atomic E-state index is 6.07. The number of hydrogen-bond acceptors (Lipinski definition) is 6. The first-order valence-electron chi connectivity index (χ1n) is 7.59. The zero-order valence-electron chi connectivity index (χ0n) is 14.0. The highest BCUT2D eigenvalue weighted by Crippen LogP contribution is 2.33. The van der Waals surface area contributed by atoms with Crippen LogP contribution in [0.5, 0.6) is 11.5 Å². The summed E-state index contributed by atoms with van der Waals surface area (Å²) in [6.07, 6.45) is 0. The Balaban J connectivity index is 1.90. The van der Waals surface area contributed by atoms with Crippen LogP contribution in [0.25, 0.3) is 10.9 Å². The van der Waals surface area contributed by atoms with Crippen LogP contribution in [-0.2, 0) is 6.54 Å². The molecule has 24 heavy (non-hydrogen) atoms. The van der Waals surface area contributed by atoms with E-state index in [1.54, 1.807) is 26.4 Å². The molecule has 0 aliphatic carbocycles. The topological polar surface area (TPSA) is 82.3 Å². The standard InChI is InChI=1S/C18H20N4O2/c1-11-4-6-12(7-5-11)10-20-18-21-14-9-16(24-3)15(23-2)8-13(14)17(19)22-18/h4-9H,10H2,1-3H3,(H3,19,20,21,22). The molecule has 0 bridgehead atoms. The van der Waals surface area contributed by atoms with Crippen molar-refractivity contribution in [2.24, 2.45) is 0 Å². The number of anilines is 2. The number of methoxy groups -OCH3 is 2. The zero-order valence-corrected chi connectivity index (χ0v) is 14.0. The van der Waals surface area contributed by atoms with Crippen LogP contribution in [-0.4, -0.2) is 24.2 Å². The predicted molar refractivity (Wildman–Crippen MR) is 95.6 cm³/mol. The Bertz CT molecular complexity index is 863. The number of hydrogen-bond donors (Lipinski definition) is 2. The van der Waals surface area contributed by atoms with Crippen LogP contribution in [0, 0.1) is 6.92 Å². The number of nitrogens with one attached hydrogen (secondary N) is 1. The van der Waals surface area contributed by atoms with Crippen LogP contribution in [0.1, 0.15) is 11.1 Å². The monoisotopic (exact) mass is 324 g/mol. The molecule has 0 saturated carbocycles. The number of fused-ring (bicyclic) bond motifs is 1. The van der Waals surface area contributed by atoms with Crippen LogP contribution in [0.2, 0.25) is 0 Å². The molecule has 0 fully saturated rings. The molecule has 0 aliphatic heterocycles. The van der Waals surface area contributed by atoms with Gasteiger partial charge in [-0.3, -0.25) is 0 Å². The fourth-order valence-corrected chi connectivity index (χ4v) is 2.45. The van der Waals surface area contributed by atoms with Crippen molar-refractivity contribution in [2.75, 3.05) is 25.3 Å². The summed E-state index contributed by atoms with van der Waals surface area (Å²) in [5.74, 6) is 2.08. The quantitative estimate of drug-likeness (QED) is 0.750. The molecule has 3 aromatic rings. The van der Waals surface area contributed by atoms with Crippen molar-refractivity contribution >= 4 is 22.7 Å². The zero-order chi connectivity index (χ0) is 17.1. The fraction of sp³-hybridized carbons (Fsp3) is 0.222. The van der Waals surface area contributed by atoms with Crippen molar-refractivity contribution in [3.8, 4) is 11.5 Å². The minimum atomic E-state index is 0.396. The lowest BCUT2D eigenvalue weighted by Gasteiger charge is -2.11. The average molecular weight is 324 g/mol. The van der Waals surface area contributed by atoms with Crippen molar-refractivity contribution in [3.63, 3.8) is 0 Å². The largest absolute Gasteiger partial charge is 0.493 e. The lowest BCUT2D eigenvalue weighted by atomic mass is 10.1. The SMILES string of the molecule is COc1cc2nc(NCc3ccc(C)cc3)nc(N)c2cc1OC. The van der Waals surface area contributed by atoms with Crippen molar-refractivity contribution < 1.29 is 9.47 Å². The molecule has 0 spiro atoms. The second-order valence-electron chi connectivity index (χ2n) is 5.50. The van der Waals surface area contributed by atoms with Gasteiger partial charge < -0.3 is 20.5 Å². The molecule has 0 atom stereocenters. The Kier molecular flexibility index (Phi) is 4.37. The van der Waals surface area contributed by atoms with Gasteiger partial charge in [-0.2, -0.15) is 4.98 Å². The molecule has 0 unspecified atom stereocenters. The van der Waals surface area contributed by atoms with E-state index in [2.05, 4.69) is 46.5 Å². The molecule has 3 N–H and O–H groups in total. The van der Waals surface area contributed by atoms with Gasteiger partial charge in [0.1, 0.15) is 5.82 Å². The third-order valence-corrected chi connectivity index (χ3v) is 3.80. The van der Waals surface area contributed by atoms with Crippen molar-refractivity contribution in [3.05, 3.63) is 47.5 Å². The van der Waals surface area contributed by atoms with E-state index in [4.69, 9.17) is 15.2 Å². The Morgan fingerprint density at radius 3 is 2.33 bits per heavy atom. The summed E-state index contributed by atoms with van der Waals surface area (Å²) in [7, 11) is 3.17. The first-order chi connectivity index (χ1) is 11.6. The highest BCUT2D eigenvalue weighted by molar-refractivity contribution is 5.91. The van der Waals surface area contributed by atoms with E-state index in [1.807, 2.05) is 0 Å². The number of rotatable bonds is 5. The summed E-state index contributed by atoms with van der Waals surface area (Å²) in [4.78, 5) is 8.84. The van der Waals surface area contributed by atoms with Crippen molar-refractivity contribution in [1.82, 2.24) is 9.97 Å². The van der Waals surface area contributed by atoms with Gasteiger partial charge in [0.2, 0.25) is 5.95 Å². The Morgan fingerprint density at radius 2 is 1.67 bits per heavy atom. The Hall–Kier alpha value is -3.02. The van der Waals surface area contributed by atoms with E-state index in [9.17, 15) is 0 Å². The number of benzene rings is 2. The van der Waals surface area contributed by atoms with Gasteiger partial charge in [0, 0.05) is 18.0 Å². The van der Waals surface area contributed by atoms with E-state index in [0.717, 1.165) is 10.9 Å². The smallest absolute Gasteiger partial charge is 0.225 e. The molecule has 124 valence electrons. The van der Waals surface area contributed by atoms with Gasteiger partial charge in [0.15, 0.2) is 11.5 Å². The van der Waals surface area contributed by atoms with Gasteiger partial charge in [-0.05, 0) is 18.6 Å². The van der Waals surface area contributed by atoms with Gasteiger partial charge in [0.05, 0.1) is 19.7 Å². The van der Waals surface area contributed by atoms with Crippen LogP contribution in [0.4, 0.5) is 11.8 Å².